The van der Waals surface area contributed by atoms with Crippen LogP contribution in [0.4, 0.5) is 0 Å². The number of aldehydes is 1. The molecule has 1 aromatic carbocycles. The van der Waals surface area contributed by atoms with Crippen molar-refractivity contribution in [2.75, 3.05) is 0 Å². The summed E-state index contributed by atoms with van der Waals surface area (Å²) in [7, 11) is 0. The lowest BCUT2D eigenvalue weighted by molar-refractivity contribution is 0.112. The van der Waals surface area contributed by atoms with Crippen molar-refractivity contribution in [3.63, 3.8) is 0 Å². The Morgan fingerprint density at radius 1 is 1.40 bits per heavy atom. The van der Waals surface area contributed by atoms with Gasteiger partial charge in [-0.1, -0.05) is 18.2 Å². The summed E-state index contributed by atoms with van der Waals surface area (Å²) in [5.74, 6) is 0. The highest BCUT2D eigenvalue weighted by Gasteiger charge is 1.91. The molecule has 0 N–H and O–H groups in total. The summed E-state index contributed by atoms with van der Waals surface area (Å²) in [4.78, 5) is 20.2. The van der Waals surface area contributed by atoms with E-state index < -0.39 is 0 Å². The average molecular weight is 133 g/mol. The van der Waals surface area contributed by atoms with E-state index >= 15 is 0 Å². The highest BCUT2D eigenvalue weighted by Crippen LogP contribution is 1.98. The normalized spacial score (nSPS) is 8.80. The molecule has 0 unspecified atom stereocenters. The van der Waals surface area contributed by atoms with Crippen molar-refractivity contribution in [2.45, 2.75) is 0 Å². The first kappa shape index (κ1) is 6.68. The molecule has 1 aromatic rings. The Balaban J connectivity index is 3.09. The second kappa shape index (κ2) is 2.92. The van der Waals surface area contributed by atoms with Crippen LogP contribution in [0.25, 0.3) is 0 Å². The van der Waals surface area contributed by atoms with Crippen molar-refractivity contribution < 1.29 is 9.59 Å². The molecule has 0 aliphatic rings. The lowest BCUT2D eigenvalue weighted by atomic mass is 10.2. The van der Waals surface area contributed by atoms with E-state index in [1.807, 2.05) is 0 Å². The third kappa shape index (κ3) is 1.29. The van der Waals surface area contributed by atoms with Crippen LogP contribution in [0.5, 0.6) is 0 Å². The van der Waals surface area contributed by atoms with Gasteiger partial charge in [0.25, 0.3) is 0 Å². The van der Waals surface area contributed by atoms with E-state index in [0.717, 1.165) is 0 Å². The molecule has 1 radical (unpaired) electrons. The molecule has 0 heterocycles. The number of carbonyl (C=O) groups is 1. The molecule has 0 atom stereocenters. The highest BCUT2D eigenvalue weighted by atomic mass is 16.1. The van der Waals surface area contributed by atoms with Gasteiger partial charge in [0, 0.05) is 11.1 Å². The minimum atomic E-state index is 0.407. The van der Waals surface area contributed by atoms with Gasteiger partial charge in [-0.2, -0.15) is 0 Å². The second-order valence-corrected chi connectivity index (χ2v) is 1.85. The summed E-state index contributed by atoms with van der Waals surface area (Å²) < 4.78 is 0. The van der Waals surface area contributed by atoms with Crippen molar-refractivity contribution in [2.24, 2.45) is 0 Å². The van der Waals surface area contributed by atoms with Crippen LogP contribution in [0.2, 0.25) is 0 Å². The highest BCUT2D eigenvalue weighted by molar-refractivity contribution is 5.81. The smallest absolute Gasteiger partial charge is 0.233 e. The molecule has 0 saturated carbocycles. The van der Waals surface area contributed by atoms with Gasteiger partial charge >= 0.3 is 0 Å². The van der Waals surface area contributed by atoms with E-state index in [1.165, 1.54) is 6.07 Å². The number of hydrogen-bond acceptors (Lipinski definition) is 2. The number of hydrogen-bond donors (Lipinski definition) is 0. The predicted molar refractivity (Wildman–Crippen MR) is 36.6 cm³/mol. The molecule has 10 heavy (non-hydrogen) atoms. The van der Waals surface area contributed by atoms with Crippen molar-refractivity contribution in [3.8, 4) is 0 Å². The summed E-state index contributed by atoms with van der Waals surface area (Å²) in [6.07, 6.45) is 2.39. The molecule has 0 fully saturated rings. The van der Waals surface area contributed by atoms with E-state index in [9.17, 15) is 9.59 Å². The largest absolute Gasteiger partial charge is 0.298 e. The first-order valence-corrected chi connectivity index (χ1v) is 2.80. The summed E-state index contributed by atoms with van der Waals surface area (Å²) >= 11 is 0. The molecule has 0 saturated heterocycles. The van der Waals surface area contributed by atoms with Gasteiger partial charge < -0.3 is 0 Å². The SMILES string of the molecule is O=[C]c1cccc(C=O)c1. The second-order valence-electron chi connectivity index (χ2n) is 1.85. The van der Waals surface area contributed by atoms with Gasteiger partial charge in [-0.05, 0) is 6.07 Å². The standard InChI is InChI=1S/C8H5O2/c9-5-7-2-1-3-8(4-7)6-10/h1-5H. The minimum absolute atomic E-state index is 0.407. The van der Waals surface area contributed by atoms with Crippen LogP contribution >= 0.6 is 0 Å². The molecule has 49 valence electrons. The van der Waals surface area contributed by atoms with Crippen molar-refractivity contribution in [3.05, 3.63) is 35.4 Å². The van der Waals surface area contributed by atoms with E-state index in [0.29, 0.717) is 17.4 Å². The van der Waals surface area contributed by atoms with Crippen LogP contribution in [0.1, 0.15) is 15.9 Å². The summed E-state index contributed by atoms with van der Waals surface area (Å²) in [6, 6.07) is 6.36. The molecule has 0 spiro atoms. The van der Waals surface area contributed by atoms with Crippen LogP contribution in [0.3, 0.4) is 0 Å². The molecule has 0 aliphatic heterocycles. The molecule has 0 amide bonds. The molecule has 1 rings (SSSR count). The molecule has 0 bridgehead atoms. The van der Waals surface area contributed by atoms with Gasteiger partial charge in [0.15, 0.2) is 0 Å². The Bertz CT molecular complexity index is 230. The minimum Gasteiger partial charge on any atom is -0.298 e. The number of benzene rings is 1. The van der Waals surface area contributed by atoms with Crippen molar-refractivity contribution in [1.82, 2.24) is 0 Å². The van der Waals surface area contributed by atoms with Gasteiger partial charge in [-0.15, -0.1) is 0 Å². The van der Waals surface area contributed by atoms with E-state index in [-0.39, 0.29) is 0 Å². The average Bonchev–Trinajstić information content (AvgIpc) is 2.05. The van der Waals surface area contributed by atoms with Crippen molar-refractivity contribution in [1.29, 1.82) is 0 Å². The van der Waals surface area contributed by atoms with Crippen LogP contribution < -0.4 is 0 Å². The van der Waals surface area contributed by atoms with Crippen LogP contribution in [0, 0.1) is 0 Å². The maximum absolute atomic E-state index is 10.1. The topological polar surface area (TPSA) is 34.1 Å². The van der Waals surface area contributed by atoms with Gasteiger partial charge in [0.05, 0.1) is 0 Å². The van der Waals surface area contributed by atoms with Crippen LogP contribution in [0.15, 0.2) is 24.3 Å². The third-order valence-corrected chi connectivity index (χ3v) is 1.14. The fourth-order valence-electron chi connectivity index (χ4n) is 0.675. The Labute approximate surface area is 58.5 Å². The lowest BCUT2D eigenvalue weighted by Crippen LogP contribution is -1.83. The fourth-order valence-corrected chi connectivity index (χ4v) is 0.675. The summed E-state index contributed by atoms with van der Waals surface area (Å²) in [5, 5.41) is 0. The third-order valence-electron chi connectivity index (χ3n) is 1.14. The number of carbonyl (C=O) groups excluding carboxylic acids is 2. The molecule has 2 nitrogen and oxygen atoms in total. The van der Waals surface area contributed by atoms with Crippen molar-refractivity contribution >= 4 is 12.6 Å². The zero-order valence-electron chi connectivity index (χ0n) is 5.20. The van der Waals surface area contributed by atoms with E-state index in [2.05, 4.69) is 0 Å². The monoisotopic (exact) mass is 133 g/mol. The Morgan fingerprint density at radius 3 is 2.80 bits per heavy atom. The first-order valence-electron chi connectivity index (χ1n) is 2.80. The van der Waals surface area contributed by atoms with Crippen LogP contribution in [-0.2, 0) is 4.79 Å². The summed E-state index contributed by atoms with van der Waals surface area (Å²) in [6.45, 7) is 0. The first-order chi connectivity index (χ1) is 4.86. The fraction of sp³-hybridized carbons (Fsp3) is 0. The van der Waals surface area contributed by atoms with Gasteiger partial charge in [-0.3, -0.25) is 9.59 Å². The zero-order chi connectivity index (χ0) is 7.40. The predicted octanol–water partition coefficient (Wildman–Crippen LogP) is 0.957. The molecule has 0 aromatic heterocycles. The number of rotatable bonds is 2. The molecular formula is C8H5O2. The lowest BCUT2D eigenvalue weighted by Gasteiger charge is -1.88. The molecule has 0 aliphatic carbocycles. The van der Waals surface area contributed by atoms with Gasteiger partial charge in [0.1, 0.15) is 6.29 Å². The summed E-state index contributed by atoms with van der Waals surface area (Å²) in [5.41, 5.74) is 0.908. The molecular weight excluding hydrogens is 128 g/mol. The van der Waals surface area contributed by atoms with Gasteiger partial charge in [-0.25, -0.2) is 0 Å². The quantitative estimate of drug-likeness (QED) is 0.563. The molecule has 2 heteroatoms. The Morgan fingerprint density at radius 2 is 2.20 bits per heavy atom. The van der Waals surface area contributed by atoms with Crippen LogP contribution in [-0.4, -0.2) is 12.6 Å². The maximum Gasteiger partial charge on any atom is 0.233 e. The zero-order valence-corrected chi connectivity index (χ0v) is 5.20. The Hall–Kier alpha value is -1.44. The van der Waals surface area contributed by atoms with Gasteiger partial charge in [0.2, 0.25) is 6.29 Å². The van der Waals surface area contributed by atoms with E-state index in [4.69, 9.17) is 0 Å². The van der Waals surface area contributed by atoms with E-state index in [1.54, 1.807) is 24.5 Å². The maximum atomic E-state index is 10.1. The Kier molecular flexibility index (Phi) is 1.95.